The Balaban J connectivity index is 1.51. The molecular formula is C16H19N5O2. The van der Waals surface area contributed by atoms with Gasteiger partial charge in [0.05, 0.1) is 18.8 Å². The van der Waals surface area contributed by atoms with Gasteiger partial charge in [-0.1, -0.05) is 0 Å². The summed E-state index contributed by atoms with van der Waals surface area (Å²) in [5.74, 6) is 0.702. The van der Waals surface area contributed by atoms with E-state index in [4.69, 9.17) is 4.74 Å². The number of morpholine rings is 1. The van der Waals surface area contributed by atoms with Gasteiger partial charge in [-0.25, -0.2) is 15.0 Å². The van der Waals surface area contributed by atoms with E-state index in [1.54, 1.807) is 35.7 Å². The summed E-state index contributed by atoms with van der Waals surface area (Å²) in [5.41, 5.74) is 0.586. The van der Waals surface area contributed by atoms with Gasteiger partial charge in [-0.15, -0.1) is 0 Å². The van der Waals surface area contributed by atoms with Gasteiger partial charge < -0.3 is 4.74 Å². The van der Waals surface area contributed by atoms with E-state index >= 15 is 0 Å². The number of nitrogens with zero attached hydrogens (tertiary/aromatic N) is 5. The Bertz CT molecular complexity index is 671. The van der Waals surface area contributed by atoms with Crippen LogP contribution in [0.5, 0.6) is 0 Å². The first-order valence-corrected chi connectivity index (χ1v) is 7.86. The van der Waals surface area contributed by atoms with Gasteiger partial charge in [0.1, 0.15) is 6.33 Å². The van der Waals surface area contributed by atoms with Crippen molar-refractivity contribution >= 4 is 5.78 Å². The molecule has 2 saturated heterocycles. The molecule has 2 aromatic heterocycles. The SMILES string of the molecule is CN1C2COCC1CC(C(=O)c1cnc(-n3ccnc3)nc1)C2. The van der Waals surface area contributed by atoms with Crippen LogP contribution in [-0.4, -0.2) is 62.5 Å². The summed E-state index contributed by atoms with van der Waals surface area (Å²) in [6, 6.07) is 0.671. The molecule has 0 aliphatic carbocycles. The second kappa shape index (κ2) is 5.82. The number of ether oxygens (including phenoxy) is 1. The van der Waals surface area contributed by atoms with E-state index in [-0.39, 0.29) is 11.7 Å². The van der Waals surface area contributed by atoms with E-state index in [9.17, 15) is 4.79 Å². The van der Waals surface area contributed by atoms with Crippen molar-refractivity contribution in [2.24, 2.45) is 5.92 Å². The fourth-order valence-corrected chi connectivity index (χ4v) is 3.50. The first-order chi connectivity index (χ1) is 11.2. The van der Waals surface area contributed by atoms with Crippen molar-refractivity contribution in [3.63, 3.8) is 0 Å². The maximum absolute atomic E-state index is 12.8. The molecule has 2 aliphatic rings. The smallest absolute Gasteiger partial charge is 0.234 e. The fourth-order valence-electron chi connectivity index (χ4n) is 3.50. The monoisotopic (exact) mass is 313 g/mol. The van der Waals surface area contributed by atoms with Crippen molar-refractivity contribution in [1.29, 1.82) is 0 Å². The quantitative estimate of drug-likeness (QED) is 0.786. The topological polar surface area (TPSA) is 73.1 Å². The lowest BCUT2D eigenvalue weighted by Gasteiger charge is -2.46. The van der Waals surface area contributed by atoms with E-state index in [0.717, 1.165) is 12.8 Å². The van der Waals surface area contributed by atoms with Crippen molar-refractivity contribution in [1.82, 2.24) is 24.4 Å². The van der Waals surface area contributed by atoms with Crippen LogP contribution in [0.25, 0.3) is 5.95 Å². The summed E-state index contributed by atoms with van der Waals surface area (Å²) in [6.07, 6.45) is 10.0. The molecule has 2 bridgehead atoms. The van der Waals surface area contributed by atoms with Gasteiger partial charge in [0.2, 0.25) is 5.95 Å². The van der Waals surface area contributed by atoms with Gasteiger partial charge in [0.15, 0.2) is 5.78 Å². The van der Waals surface area contributed by atoms with Crippen LogP contribution >= 0.6 is 0 Å². The molecule has 0 spiro atoms. The number of imidazole rings is 1. The lowest BCUT2D eigenvalue weighted by atomic mass is 9.81. The Kier molecular flexibility index (Phi) is 3.66. The van der Waals surface area contributed by atoms with E-state index in [0.29, 0.717) is 36.8 Å². The third-order valence-corrected chi connectivity index (χ3v) is 4.91. The second-order valence-corrected chi connectivity index (χ2v) is 6.28. The molecule has 0 aromatic carbocycles. The fraction of sp³-hybridized carbons (Fsp3) is 0.500. The molecule has 7 heteroatoms. The van der Waals surface area contributed by atoms with Crippen LogP contribution in [-0.2, 0) is 4.74 Å². The molecule has 2 fully saturated rings. The molecule has 2 aromatic rings. The number of rotatable bonds is 3. The Hall–Kier alpha value is -2.12. The molecule has 4 rings (SSSR count). The summed E-state index contributed by atoms with van der Waals surface area (Å²) in [7, 11) is 2.13. The number of fused-ring (bicyclic) bond motifs is 2. The van der Waals surface area contributed by atoms with Crippen molar-refractivity contribution in [3.05, 3.63) is 36.7 Å². The molecule has 0 N–H and O–H groups in total. The highest BCUT2D eigenvalue weighted by atomic mass is 16.5. The van der Waals surface area contributed by atoms with Crippen molar-refractivity contribution < 1.29 is 9.53 Å². The number of Topliss-reactive ketones (excluding diaryl/α,β-unsaturated/α-hetero) is 1. The average Bonchev–Trinajstić information content (AvgIpc) is 3.08. The van der Waals surface area contributed by atoms with Gasteiger partial charge in [-0.2, -0.15) is 0 Å². The van der Waals surface area contributed by atoms with Crippen LogP contribution in [0.3, 0.4) is 0 Å². The molecule has 2 atom stereocenters. The first kappa shape index (κ1) is 14.5. The van der Waals surface area contributed by atoms with Crippen LogP contribution in [0, 0.1) is 5.92 Å². The van der Waals surface area contributed by atoms with Crippen LogP contribution in [0.4, 0.5) is 0 Å². The Morgan fingerprint density at radius 1 is 1.22 bits per heavy atom. The number of carbonyl (C=O) groups excluding carboxylic acids is 1. The van der Waals surface area contributed by atoms with Crippen LogP contribution in [0.15, 0.2) is 31.1 Å². The summed E-state index contributed by atoms with van der Waals surface area (Å²) >= 11 is 0. The second-order valence-electron chi connectivity index (χ2n) is 6.28. The number of likely N-dealkylation sites (N-methyl/N-ethyl adjacent to an activating group) is 1. The highest BCUT2D eigenvalue weighted by molar-refractivity contribution is 5.97. The zero-order chi connectivity index (χ0) is 15.8. The van der Waals surface area contributed by atoms with Crippen LogP contribution in [0.1, 0.15) is 23.2 Å². The molecule has 2 unspecified atom stereocenters. The van der Waals surface area contributed by atoms with Gasteiger partial charge >= 0.3 is 0 Å². The maximum Gasteiger partial charge on any atom is 0.234 e. The average molecular weight is 313 g/mol. The number of ketones is 1. The van der Waals surface area contributed by atoms with E-state index in [1.165, 1.54) is 0 Å². The van der Waals surface area contributed by atoms with E-state index in [2.05, 4.69) is 26.9 Å². The summed E-state index contributed by atoms with van der Waals surface area (Å²) in [4.78, 5) is 27.7. The Labute approximate surface area is 134 Å². The largest absolute Gasteiger partial charge is 0.378 e. The number of carbonyl (C=O) groups is 1. The molecule has 7 nitrogen and oxygen atoms in total. The zero-order valence-electron chi connectivity index (χ0n) is 13.0. The van der Waals surface area contributed by atoms with Crippen LogP contribution in [0.2, 0.25) is 0 Å². The highest BCUT2D eigenvalue weighted by Crippen LogP contribution is 2.32. The van der Waals surface area contributed by atoms with Crippen LogP contribution < -0.4 is 0 Å². The molecule has 0 radical (unpaired) electrons. The number of aromatic nitrogens is 4. The molecule has 0 amide bonds. The van der Waals surface area contributed by atoms with Gasteiger partial charge in [0.25, 0.3) is 0 Å². The lowest BCUT2D eigenvalue weighted by Crippen LogP contribution is -2.55. The minimum absolute atomic E-state index is 0.0350. The zero-order valence-corrected chi connectivity index (χ0v) is 13.0. The predicted octanol–water partition coefficient (Wildman–Crippen LogP) is 0.954. The van der Waals surface area contributed by atoms with Gasteiger partial charge in [0, 0.05) is 42.8 Å². The third kappa shape index (κ3) is 2.66. The summed E-state index contributed by atoms with van der Waals surface area (Å²) in [6.45, 7) is 1.43. The number of hydrogen-bond acceptors (Lipinski definition) is 6. The summed E-state index contributed by atoms with van der Waals surface area (Å²) < 4.78 is 7.33. The minimum Gasteiger partial charge on any atom is -0.378 e. The van der Waals surface area contributed by atoms with Crippen molar-refractivity contribution in [3.8, 4) is 5.95 Å². The molecular weight excluding hydrogens is 294 g/mol. The van der Waals surface area contributed by atoms with Crippen molar-refractivity contribution in [2.45, 2.75) is 24.9 Å². The van der Waals surface area contributed by atoms with Crippen molar-refractivity contribution in [2.75, 3.05) is 20.3 Å². The normalized spacial score (nSPS) is 27.8. The minimum atomic E-state index is 0.0350. The summed E-state index contributed by atoms with van der Waals surface area (Å²) in [5, 5.41) is 0. The lowest BCUT2D eigenvalue weighted by molar-refractivity contribution is -0.0702. The molecule has 4 heterocycles. The Morgan fingerprint density at radius 2 is 1.91 bits per heavy atom. The Morgan fingerprint density at radius 3 is 2.52 bits per heavy atom. The van der Waals surface area contributed by atoms with Gasteiger partial charge in [-0.3, -0.25) is 14.3 Å². The molecule has 0 saturated carbocycles. The maximum atomic E-state index is 12.8. The number of hydrogen-bond donors (Lipinski definition) is 0. The third-order valence-electron chi connectivity index (χ3n) is 4.91. The highest BCUT2D eigenvalue weighted by Gasteiger charge is 2.39. The molecule has 23 heavy (non-hydrogen) atoms. The van der Waals surface area contributed by atoms with E-state index in [1.807, 2.05) is 0 Å². The molecule has 2 aliphatic heterocycles. The predicted molar refractivity (Wildman–Crippen MR) is 82.4 cm³/mol. The van der Waals surface area contributed by atoms with Gasteiger partial charge in [-0.05, 0) is 19.9 Å². The number of piperidine rings is 1. The first-order valence-electron chi connectivity index (χ1n) is 7.86. The standard InChI is InChI=1S/C16H19N5O2/c1-20-13-4-11(5-14(20)9-23-8-13)15(22)12-6-18-16(19-7-12)21-3-2-17-10-21/h2-3,6-7,10-11,13-14H,4-5,8-9H2,1H3. The molecule has 120 valence electrons. The van der Waals surface area contributed by atoms with E-state index < -0.39 is 0 Å².